The van der Waals surface area contributed by atoms with E-state index in [9.17, 15) is 4.79 Å². The van der Waals surface area contributed by atoms with Crippen molar-refractivity contribution in [2.75, 3.05) is 31.1 Å². The van der Waals surface area contributed by atoms with Gasteiger partial charge in [-0.2, -0.15) is 0 Å². The lowest BCUT2D eigenvalue weighted by atomic mass is 10.2. The molecule has 1 saturated heterocycles. The molecule has 1 aliphatic heterocycles. The standard InChI is InChI=1S/C12H16N2O2/c1-2-16-11-6-4-3-5-10(11)14-8-7-13-12(15)9-14/h3-6H,2,7-9H2,1H3,(H,13,15). The van der Waals surface area contributed by atoms with Gasteiger partial charge in [0.25, 0.3) is 0 Å². The van der Waals surface area contributed by atoms with Gasteiger partial charge < -0.3 is 15.0 Å². The van der Waals surface area contributed by atoms with Crippen LogP contribution in [0.5, 0.6) is 5.75 Å². The maximum absolute atomic E-state index is 11.3. The molecule has 1 aliphatic rings. The van der Waals surface area contributed by atoms with Gasteiger partial charge in [0.05, 0.1) is 18.8 Å². The number of anilines is 1. The molecule has 0 bridgehead atoms. The average Bonchev–Trinajstić information content (AvgIpc) is 2.30. The fraction of sp³-hybridized carbons (Fsp3) is 0.417. The van der Waals surface area contributed by atoms with Gasteiger partial charge in [0.15, 0.2) is 0 Å². The molecule has 0 aromatic heterocycles. The van der Waals surface area contributed by atoms with Gasteiger partial charge in [0, 0.05) is 13.1 Å². The Morgan fingerprint density at radius 1 is 1.44 bits per heavy atom. The van der Waals surface area contributed by atoms with E-state index in [1.54, 1.807) is 0 Å². The van der Waals surface area contributed by atoms with E-state index >= 15 is 0 Å². The van der Waals surface area contributed by atoms with E-state index in [1.165, 1.54) is 0 Å². The molecule has 0 atom stereocenters. The summed E-state index contributed by atoms with van der Waals surface area (Å²) in [6.45, 7) is 4.52. The second kappa shape index (κ2) is 4.88. The number of hydrogen-bond acceptors (Lipinski definition) is 3. The molecule has 1 fully saturated rings. The highest BCUT2D eigenvalue weighted by Crippen LogP contribution is 2.28. The van der Waals surface area contributed by atoms with Crippen LogP contribution < -0.4 is 15.0 Å². The summed E-state index contributed by atoms with van der Waals surface area (Å²) in [5.41, 5.74) is 0.999. The first-order chi connectivity index (χ1) is 7.81. The molecule has 0 aliphatic carbocycles. The third-order valence-corrected chi connectivity index (χ3v) is 2.54. The molecule has 0 radical (unpaired) electrons. The van der Waals surface area contributed by atoms with Crippen LogP contribution in [0.4, 0.5) is 5.69 Å². The van der Waals surface area contributed by atoms with Crippen molar-refractivity contribution < 1.29 is 9.53 Å². The minimum Gasteiger partial charge on any atom is -0.492 e. The van der Waals surface area contributed by atoms with Gasteiger partial charge in [0.1, 0.15) is 5.75 Å². The van der Waals surface area contributed by atoms with E-state index in [0.717, 1.165) is 18.0 Å². The molecule has 4 heteroatoms. The predicted molar refractivity (Wildman–Crippen MR) is 62.8 cm³/mol. The SMILES string of the molecule is CCOc1ccccc1N1CCNC(=O)C1. The molecule has 0 unspecified atom stereocenters. The Balaban J connectivity index is 2.21. The summed E-state index contributed by atoms with van der Waals surface area (Å²) in [4.78, 5) is 13.4. The predicted octanol–water partition coefficient (Wildman–Crippen LogP) is 1.02. The maximum atomic E-state index is 11.3. The number of carbonyl (C=O) groups is 1. The molecule has 0 saturated carbocycles. The number of carbonyl (C=O) groups excluding carboxylic acids is 1. The van der Waals surface area contributed by atoms with Gasteiger partial charge >= 0.3 is 0 Å². The van der Waals surface area contributed by atoms with Gasteiger partial charge in [-0.15, -0.1) is 0 Å². The monoisotopic (exact) mass is 220 g/mol. The molecule has 1 aromatic rings. The number of rotatable bonds is 3. The van der Waals surface area contributed by atoms with Crippen LogP contribution in [0.15, 0.2) is 24.3 Å². The van der Waals surface area contributed by atoms with Crippen molar-refractivity contribution in [3.05, 3.63) is 24.3 Å². The summed E-state index contributed by atoms with van der Waals surface area (Å²) < 4.78 is 5.55. The Morgan fingerprint density at radius 3 is 3.00 bits per heavy atom. The fourth-order valence-electron chi connectivity index (χ4n) is 1.84. The van der Waals surface area contributed by atoms with E-state index in [2.05, 4.69) is 5.32 Å². The van der Waals surface area contributed by atoms with Crippen LogP contribution in [0.3, 0.4) is 0 Å². The molecule has 1 heterocycles. The quantitative estimate of drug-likeness (QED) is 0.827. The number of benzene rings is 1. The van der Waals surface area contributed by atoms with Crippen molar-refractivity contribution in [1.82, 2.24) is 5.32 Å². The first-order valence-corrected chi connectivity index (χ1v) is 5.54. The molecule has 2 rings (SSSR count). The summed E-state index contributed by atoms with van der Waals surface area (Å²) in [6, 6.07) is 7.83. The molecule has 86 valence electrons. The topological polar surface area (TPSA) is 41.6 Å². The molecular formula is C12H16N2O2. The van der Waals surface area contributed by atoms with Crippen LogP contribution in [-0.2, 0) is 4.79 Å². The van der Waals surface area contributed by atoms with Crippen molar-refractivity contribution >= 4 is 11.6 Å². The second-order valence-corrected chi connectivity index (χ2v) is 3.67. The first-order valence-electron chi connectivity index (χ1n) is 5.54. The van der Waals surface area contributed by atoms with Crippen molar-refractivity contribution in [1.29, 1.82) is 0 Å². The highest BCUT2D eigenvalue weighted by Gasteiger charge is 2.18. The van der Waals surface area contributed by atoms with Crippen LogP contribution in [0.1, 0.15) is 6.92 Å². The van der Waals surface area contributed by atoms with Crippen LogP contribution >= 0.6 is 0 Å². The van der Waals surface area contributed by atoms with Crippen molar-refractivity contribution in [2.45, 2.75) is 6.92 Å². The highest BCUT2D eigenvalue weighted by atomic mass is 16.5. The molecule has 4 nitrogen and oxygen atoms in total. The molecular weight excluding hydrogens is 204 g/mol. The van der Waals surface area contributed by atoms with E-state index in [4.69, 9.17) is 4.74 Å². The number of nitrogens with one attached hydrogen (secondary N) is 1. The summed E-state index contributed by atoms with van der Waals surface area (Å²) in [5, 5.41) is 2.81. The molecule has 1 amide bonds. The zero-order valence-corrected chi connectivity index (χ0v) is 9.40. The van der Waals surface area contributed by atoms with Gasteiger partial charge in [0.2, 0.25) is 5.91 Å². The van der Waals surface area contributed by atoms with Crippen LogP contribution in [0.2, 0.25) is 0 Å². The number of nitrogens with zero attached hydrogens (tertiary/aromatic N) is 1. The molecule has 0 spiro atoms. The third kappa shape index (κ3) is 2.27. The number of hydrogen-bond donors (Lipinski definition) is 1. The van der Waals surface area contributed by atoms with E-state index in [-0.39, 0.29) is 5.91 Å². The summed E-state index contributed by atoms with van der Waals surface area (Å²) in [6.07, 6.45) is 0. The van der Waals surface area contributed by atoms with Crippen molar-refractivity contribution in [3.8, 4) is 5.75 Å². The summed E-state index contributed by atoms with van der Waals surface area (Å²) in [7, 11) is 0. The number of amides is 1. The summed E-state index contributed by atoms with van der Waals surface area (Å²) >= 11 is 0. The minimum absolute atomic E-state index is 0.0672. The second-order valence-electron chi connectivity index (χ2n) is 3.67. The van der Waals surface area contributed by atoms with Gasteiger partial charge in [-0.1, -0.05) is 12.1 Å². The van der Waals surface area contributed by atoms with Gasteiger partial charge in [-0.05, 0) is 19.1 Å². The normalized spacial score (nSPS) is 15.8. The lowest BCUT2D eigenvalue weighted by Gasteiger charge is -2.29. The summed E-state index contributed by atoms with van der Waals surface area (Å²) in [5.74, 6) is 0.914. The molecule has 1 N–H and O–H groups in total. The van der Waals surface area contributed by atoms with Gasteiger partial charge in [-0.25, -0.2) is 0 Å². The van der Waals surface area contributed by atoms with Crippen molar-refractivity contribution in [2.24, 2.45) is 0 Å². The molecule has 1 aromatic carbocycles. The Bertz CT molecular complexity index is 379. The Labute approximate surface area is 95.2 Å². The molecule has 16 heavy (non-hydrogen) atoms. The van der Waals surface area contributed by atoms with Gasteiger partial charge in [-0.3, -0.25) is 4.79 Å². The van der Waals surface area contributed by atoms with Crippen LogP contribution in [0, 0.1) is 0 Å². The minimum atomic E-state index is 0.0672. The lowest BCUT2D eigenvalue weighted by Crippen LogP contribution is -2.47. The van der Waals surface area contributed by atoms with Crippen LogP contribution in [0.25, 0.3) is 0 Å². The Morgan fingerprint density at radius 2 is 2.25 bits per heavy atom. The van der Waals surface area contributed by atoms with E-state index in [1.807, 2.05) is 36.1 Å². The Kier molecular flexibility index (Phi) is 3.29. The average molecular weight is 220 g/mol. The zero-order valence-electron chi connectivity index (χ0n) is 9.40. The largest absolute Gasteiger partial charge is 0.492 e. The number of piperazine rings is 1. The Hall–Kier alpha value is -1.71. The first kappa shape index (κ1) is 10.8. The maximum Gasteiger partial charge on any atom is 0.239 e. The fourth-order valence-corrected chi connectivity index (χ4v) is 1.84. The lowest BCUT2D eigenvalue weighted by molar-refractivity contribution is -0.120. The smallest absolute Gasteiger partial charge is 0.239 e. The van der Waals surface area contributed by atoms with Crippen molar-refractivity contribution in [3.63, 3.8) is 0 Å². The third-order valence-electron chi connectivity index (χ3n) is 2.54. The van der Waals surface area contributed by atoms with E-state index in [0.29, 0.717) is 19.7 Å². The zero-order chi connectivity index (χ0) is 11.4. The van der Waals surface area contributed by atoms with E-state index < -0.39 is 0 Å². The number of ether oxygens (including phenoxy) is 1. The highest BCUT2D eigenvalue weighted by molar-refractivity contribution is 5.83. The number of para-hydroxylation sites is 2. The van der Waals surface area contributed by atoms with Crippen LogP contribution in [-0.4, -0.2) is 32.1 Å².